The van der Waals surface area contributed by atoms with E-state index >= 15 is 0 Å². The zero-order valence-electron chi connectivity index (χ0n) is 15.2. The first-order valence-corrected chi connectivity index (χ1v) is 9.87. The minimum absolute atomic E-state index is 0.0271. The third-order valence-corrected chi connectivity index (χ3v) is 5.45. The van der Waals surface area contributed by atoms with Crippen molar-refractivity contribution in [3.8, 4) is 11.6 Å². The molecule has 0 saturated heterocycles. The summed E-state index contributed by atoms with van der Waals surface area (Å²) in [5, 5.41) is 11.6. The highest BCUT2D eigenvalue weighted by Crippen LogP contribution is 2.29. The van der Waals surface area contributed by atoms with Crippen LogP contribution in [-0.2, 0) is 0 Å². The monoisotopic (exact) mass is 443 g/mol. The number of fused-ring (bicyclic) bond motifs is 1. The Kier molecular flexibility index (Phi) is 5.17. The van der Waals surface area contributed by atoms with Gasteiger partial charge in [-0.3, -0.25) is 19.3 Å². The SMILES string of the molecule is CC1=CC2=CC(=Cc3c(O)n(-c4ccc(Cl)cc4)c(=S)[nH]c3=O)C(Cl)=NC2C=C1. The fourth-order valence-electron chi connectivity index (χ4n) is 3.19. The topological polar surface area (TPSA) is 70.4 Å². The van der Waals surface area contributed by atoms with Crippen molar-refractivity contribution in [1.29, 1.82) is 0 Å². The molecule has 0 amide bonds. The maximum absolute atomic E-state index is 12.5. The number of benzene rings is 1. The van der Waals surface area contributed by atoms with Crippen LogP contribution in [0.4, 0.5) is 0 Å². The number of aromatic nitrogens is 2. The van der Waals surface area contributed by atoms with Crippen molar-refractivity contribution >= 4 is 46.7 Å². The van der Waals surface area contributed by atoms with Gasteiger partial charge in [-0.1, -0.05) is 47.0 Å². The lowest BCUT2D eigenvalue weighted by Gasteiger charge is -2.20. The van der Waals surface area contributed by atoms with E-state index in [1.165, 1.54) is 10.6 Å². The van der Waals surface area contributed by atoms with Gasteiger partial charge in [0.25, 0.3) is 5.56 Å². The van der Waals surface area contributed by atoms with Crippen LogP contribution in [-0.4, -0.2) is 25.9 Å². The van der Waals surface area contributed by atoms with E-state index < -0.39 is 5.56 Å². The van der Waals surface area contributed by atoms with E-state index in [9.17, 15) is 9.90 Å². The average Bonchev–Trinajstić information content (AvgIpc) is 2.67. The van der Waals surface area contributed by atoms with Crippen molar-refractivity contribution in [2.75, 3.05) is 0 Å². The Labute approximate surface area is 181 Å². The van der Waals surface area contributed by atoms with Gasteiger partial charge in [0.05, 0.1) is 11.7 Å². The summed E-state index contributed by atoms with van der Waals surface area (Å²) in [6, 6.07) is 6.57. The Morgan fingerprint density at radius 3 is 2.69 bits per heavy atom. The lowest BCUT2D eigenvalue weighted by atomic mass is 9.94. The smallest absolute Gasteiger partial charge is 0.262 e. The molecule has 1 aromatic carbocycles. The van der Waals surface area contributed by atoms with Crippen LogP contribution in [0.2, 0.25) is 5.02 Å². The van der Waals surface area contributed by atoms with Gasteiger partial charge in [-0.25, -0.2) is 0 Å². The Morgan fingerprint density at radius 2 is 1.97 bits per heavy atom. The number of rotatable bonds is 2. The fourth-order valence-corrected chi connectivity index (χ4v) is 3.81. The summed E-state index contributed by atoms with van der Waals surface area (Å²) in [5.74, 6) is -0.297. The van der Waals surface area contributed by atoms with E-state index in [0.717, 1.165) is 11.1 Å². The quantitative estimate of drug-likeness (QED) is 0.634. The molecular formula is C21H15Cl2N3O2S. The van der Waals surface area contributed by atoms with E-state index in [0.29, 0.717) is 16.3 Å². The molecule has 2 N–H and O–H groups in total. The molecule has 0 saturated carbocycles. The molecule has 1 aliphatic carbocycles. The number of aliphatic imine (C=N–C) groups is 1. The molecule has 0 fully saturated rings. The van der Waals surface area contributed by atoms with Crippen molar-refractivity contribution in [2.24, 2.45) is 4.99 Å². The van der Waals surface area contributed by atoms with E-state index in [1.807, 2.05) is 31.2 Å². The third-order valence-electron chi connectivity index (χ3n) is 4.60. The van der Waals surface area contributed by atoms with Crippen LogP contribution in [0.1, 0.15) is 12.5 Å². The van der Waals surface area contributed by atoms with Crippen LogP contribution < -0.4 is 5.56 Å². The molecule has 0 spiro atoms. The highest BCUT2D eigenvalue weighted by atomic mass is 35.5. The molecule has 4 rings (SSSR count). The Morgan fingerprint density at radius 1 is 1.24 bits per heavy atom. The van der Waals surface area contributed by atoms with Crippen LogP contribution in [0.5, 0.6) is 5.88 Å². The van der Waals surface area contributed by atoms with Gasteiger partial charge in [-0.15, -0.1) is 0 Å². The molecule has 0 radical (unpaired) electrons. The fraction of sp³-hybridized carbons (Fsp3) is 0.0952. The van der Waals surface area contributed by atoms with Gasteiger partial charge in [0.1, 0.15) is 10.7 Å². The summed E-state index contributed by atoms with van der Waals surface area (Å²) in [7, 11) is 0. The van der Waals surface area contributed by atoms with Crippen LogP contribution in [0, 0.1) is 4.77 Å². The number of aromatic amines is 1. The predicted molar refractivity (Wildman–Crippen MR) is 120 cm³/mol. The summed E-state index contributed by atoms with van der Waals surface area (Å²) < 4.78 is 1.42. The summed E-state index contributed by atoms with van der Waals surface area (Å²) >= 11 is 17.5. The third kappa shape index (κ3) is 3.79. The molecule has 29 heavy (non-hydrogen) atoms. The minimum Gasteiger partial charge on any atom is -0.494 e. The summed E-state index contributed by atoms with van der Waals surface area (Å²) in [4.78, 5) is 19.6. The molecule has 1 atom stereocenters. The summed E-state index contributed by atoms with van der Waals surface area (Å²) in [5.41, 5.74) is 2.65. The number of nitrogens with one attached hydrogen (secondary N) is 1. The molecule has 146 valence electrons. The minimum atomic E-state index is -0.523. The number of H-pyrrole nitrogens is 1. The molecule has 2 heterocycles. The zero-order valence-corrected chi connectivity index (χ0v) is 17.5. The largest absolute Gasteiger partial charge is 0.494 e. The number of hydrogen-bond acceptors (Lipinski definition) is 4. The number of allylic oxidation sites excluding steroid dienone is 4. The van der Waals surface area contributed by atoms with Crippen LogP contribution in [0.3, 0.4) is 0 Å². The first-order valence-electron chi connectivity index (χ1n) is 8.71. The molecule has 1 aliphatic heterocycles. The number of nitrogens with zero attached hydrogens (tertiary/aromatic N) is 2. The number of dihydropyridines is 1. The van der Waals surface area contributed by atoms with E-state index in [2.05, 4.69) is 9.98 Å². The first-order chi connectivity index (χ1) is 13.8. The zero-order chi connectivity index (χ0) is 20.7. The van der Waals surface area contributed by atoms with E-state index in [4.69, 9.17) is 35.4 Å². The molecule has 0 bridgehead atoms. The Balaban J connectivity index is 1.87. The second kappa shape index (κ2) is 7.63. The van der Waals surface area contributed by atoms with Gasteiger partial charge in [0, 0.05) is 10.6 Å². The molecule has 2 aromatic rings. The molecule has 8 heteroatoms. The normalized spacial score (nSPS) is 19.5. The standard InChI is InChI=1S/C21H15Cl2N3O2S/c1-11-2-7-17-12(8-11)9-13(18(23)24-17)10-16-19(27)25-21(29)26(20(16)28)15-5-3-14(22)4-6-15/h2-10,17,28H,1H3,(H,25,27,29). The van der Waals surface area contributed by atoms with Gasteiger partial charge in [0.2, 0.25) is 5.88 Å². The van der Waals surface area contributed by atoms with Gasteiger partial charge in [-0.2, -0.15) is 0 Å². The van der Waals surface area contributed by atoms with Crippen molar-refractivity contribution in [3.05, 3.63) is 91.0 Å². The molecule has 1 unspecified atom stereocenters. The van der Waals surface area contributed by atoms with E-state index in [1.54, 1.807) is 24.3 Å². The predicted octanol–water partition coefficient (Wildman–Crippen LogP) is 5.10. The Hall–Kier alpha value is -2.67. The maximum atomic E-state index is 12.5. The van der Waals surface area contributed by atoms with Gasteiger partial charge < -0.3 is 5.11 Å². The Bertz CT molecular complexity index is 1280. The van der Waals surface area contributed by atoms with Crippen molar-refractivity contribution in [2.45, 2.75) is 13.0 Å². The number of hydrogen-bond donors (Lipinski definition) is 2. The van der Waals surface area contributed by atoms with Crippen LogP contribution in [0.25, 0.3) is 11.8 Å². The van der Waals surface area contributed by atoms with Crippen molar-refractivity contribution < 1.29 is 5.11 Å². The first kappa shape index (κ1) is 19.6. The number of aromatic hydroxyl groups is 1. The lowest BCUT2D eigenvalue weighted by Crippen LogP contribution is -2.18. The lowest BCUT2D eigenvalue weighted by molar-refractivity contribution is 0.432. The van der Waals surface area contributed by atoms with Crippen LogP contribution in [0.15, 0.2) is 75.1 Å². The molecule has 2 aliphatic rings. The van der Waals surface area contributed by atoms with Crippen molar-refractivity contribution in [1.82, 2.24) is 9.55 Å². The molecule has 5 nitrogen and oxygen atoms in total. The summed E-state index contributed by atoms with van der Waals surface area (Å²) in [6.07, 6.45) is 9.32. The van der Waals surface area contributed by atoms with Gasteiger partial charge in [-0.05, 0) is 61.1 Å². The van der Waals surface area contributed by atoms with E-state index in [-0.39, 0.29) is 27.4 Å². The van der Waals surface area contributed by atoms with Gasteiger partial charge in [0.15, 0.2) is 4.77 Å². The van der Waals surface area contributed by atoms with Gasteiger partial charge >= 0.3 is 0 Å². The van der Waals surface area contributed by atoms with Crippen LogP contribution >= 0.6 is 35.4 Å². The maximum Gasteiger partial charge on any atom is 0.262 e. The molecule has 1 aromatic heterocycles. The number of halogens is 2. The highest BCUT2D eigenvalue weighted by Gasteiger charge is 2.21. The van der Waals surface area contributed by atoms with Crippen molar-refractivity contribution in [3.63, 3.8) is 0 Å². The average molecular weight is 444 g/mol. The second-order valence-electron chi connectivity index (χ2n) is 6.66. The summed E-state index contributed by atoms with van der Waals surface area (Å²) in [6.45, 7) is 1.99. The molecular weight excluding hydrogens is 429 g/mol. The second-order valence-corrected chi connectivity index (χ2v) is 7.85. The highest BCUT2D eigenvalue weighted by molar-refractivity contribution is 7.71.